The number of benzene rings is 2. The summed E-state index contributed by atoms with van der Waals surface area (Å²) in [5.74, 6) is -0.666. The Morgan fingerprint density at radius 2 is 2.04 bits per heavy atom. The standard InChI is InChI=1S/C20H24N4O3/c1-2-14-3-5-15(6-4-14)19-12-22-9-10-23(19)13-17-8-7-16(20(21)25)11-18(17)24(26)27/h3-8,11,19,22H,2,9-10,12-13H2,1H3,(H2,21,25). The number of nitrogens with two attached hydrogens (primary N) is 1. The zero-order chi connectivity index (χ0) is 19.4. The van der Waals surface area contributed by atoms with Crippen LogP contribution < -0.4 is 11.1 Å². The number of rotatable bonds is 6. The maximum absolute atomic E-state index is 11.5. The zero-order valence-corrected chi connectivity index (χ0v) is 15.4. The molecule has 0 saturated carbocycles. The summed E-state index contributed by atoms with van der Waals surface area (Å²) in [5.41, 5.74) is 8.40. The third-order valence-corrected chi connectivity index (χ3v) is 5.07. The van der Waals surface area contributed by atoms with Gasteiger partial charge in [-0.3, -0.25) is 19.8 Å². The molecule has 1 amide bonds. The summed E-state index contributed by atoms with van der Waals surface area (Å²) < 4.78 is 0. The first-order valence-electron chi connectivity index (χ1n) is 9.10. The molecule has 1 aliphatic rings. The van der Waals surface area contributed by atoms with E-state index in [0.717, 1.165) is 26.1 Å². The number of carbonyl (C=O) groups is 1. The quantitative estimate of drug-likeness (QED) is 0.602. The van der Waals surface area contributed by atoms with Gasteiger partial charge in [-0.25, -0.2) is 0 Å². The summed E-state index contributed by atoms with van der Waals surface area (Å²) in [6, 6.07) is 13.1. The predicted octanol–water partition coefficient (Wildman–Crippen LogP) is 2.40. The average molecular weight is 368 g/mol. The van der Waals surface area contributed by atoms with Crippen molar-refractivity contribution in [3.63, 3.8) is 0 Å². The number of nitrogens with zero attached hydrogens (tertiary/aromatic N) is 2. The molecule has 142 valence electrons. The van der Waals surface area contributed by atoms with Gasteiger partial charge in [0.2, 0.25) is 5.91 Å². The number of nitrogens with one attached hydrogen (secondary N) is 1. The molecule has 0 spiro atoms. The molecule has 1 aliphatic heterocycles. The highest BCUT2D eigenvalue weighted by atomic mass is 16.6. The molecule has 3 rings (SSSR count). The molecular formula is C20H24N4O3. The van der Waals surface area contributed by atoms with Crippen LogP contribution in [-0.4, -0.2) is 35.4 Å². The van der Waals surface area contributed by atoms with E-state index in [9.17, 15) is 14.9 Å². The van der Waals surface area contributed by atoms with E-state index in [4.69, 9.17) is 5.73 Å². The van der Waals surface area contributed by atoms with Gasteiger partial charge < -0.3 is 11.1 Å². The first kappa shape index (κ1) is 19.0. The van der Waals surface area contributed by atoms with Crippen molar-refractivity contribution < 1.29 is 9.72 Å². The molecule has 1 atom stereocenters. The van der Waals surface area contributed by atoms with Crippen molar-refractivity contribution in [2.45, 2.75) is 25.9 Å². The Kier molecular flexibility index (Phi) is 5.83. The van der Waals surface area contributed by atoms with Gasteiger partial charge in [-0.05, 0) is 23.6 Å². The predicted molar refractivity (Wildman–Crippen MR) is 103 cm³/mol. The van der Waals surface area contributed by atoms with Crippen LogP contribution in [0.3, 0.4) is 0 Å². The lowest BCUT2D eigenvalue weighted by Gasteiger charge is -2.36. The minimum Gasteiger partial charge on any atom is -0.366 e. The van der Waals surface area contributed by atoms with Crippen LogP contribution in [0.2, 0.25) is 0 Å². The highest BCUT2D eigenvalue weighted by molar-refractivity contribution is 5.93. The fraction of sp³-hybridized carbons (Fsp3) is 0.350. The van der Waals surface area contributed by atoms with E-state index in [-0.39, 0.29) is 17.3 Å². The van der Waals surface area contributed by atoms with E-state index in [0.29, 0.717) is 12.1 Å². The normalized spacial score (nSPS) is 17.6. The van der Waals surface area contributed by atoms with E-state index in [2.05, 4.69) is 41.4 Å². The number of piperazine rings is 1. The lowest BCUT2D eigenvalue weighted by molar-refractivity contribution is -0.385. The maximum atomic E-state index is 11.5. The van der Waals surface area contributed by atoms with Crippen molar-refractivity contribution in [3.05, 3.63) is 74.8 Å². The molecule has 27 heavy (non-hydrogen) atoms. The minimum atomic E-state index is -0.666. The van der Waals surface area contributed by atoms with Gasteiger partial charge in [-0.1, -0.05) is 37.3 Å². The number of nitro benzene ring substituents is 1. The Morgan fingerprint density at radius 3 is 2.67 bits per heavy atom. The van der Waals surface area contributed by atoms with Crippen molar-refractivity contribution in [2.24, 2.45) is 5.73 Å². The van der Waals surface area contributed by atoms with Crippen LogP contribution in [-0.2, 0) is 13.0 Å². The number of hydrogen-bond acceptors (Lipinski definition) is 5. The summed E-state index contributed by atoms with van der Waals surface area (Å²) in [6.07, 6.45) is 0.991. The Morgan fingerprint density at radius 1 is 1.30 bits per heavy atom. The number of carbonyl (C=O) groups excluding carboxylic acids is 1. The monoisotopic (exact) mass is 368 g/mol. The lowest BCUT2D eigenvalue weighted by atomic mass is 9.99. The van der Waals surface area contributed by atoms with Crippen LogP contribution in [0.25, 0.3) is 0 Å². The van der Waals surface area contributed by atoms with E-state index < -0.39 is 10.8 Å². The molecular weight excluding hydrogens is 344 g/mol. The Balaban J connectivity index is 1.87. The van der Waals surface area contributed by atoms with Crippen LogP contribution in [0.5, 0.6) is 0 Å². The molecule has 0 aromatic heterocycles. The van der Waals surface area contributed by atoms with Gasteiger partial charge in [0.05, 0.1) is 4.92 Å². The van der Waals surface area contributed by atoms with E-state index in [1.165, 1.54) is 17.2 Å². The topological polar surface area (TPSA) is 102 Å². The third kappa shape index (κ3) is 4.32. The van der Waals surface area contributed by atoms with Crippen molar-refractivity contribution in [1.82, 2.24) is 10.2 Å². The first-order chi connectivity index (χ1) is 13.0. The summed E-state index contributed by atoms with van der Waals surface area (Å²) in [5, 5.41) is 14.9. The number of nitro groups is 1. The van der Waals surface area contributed by atoms with Crippen molar-refractivity contribution >= 4 is 11.6 Å². The summed E-state index contributed by atoms with van der Waals surface area (Å²) >= 11 is 0. The average Bonchev–Trinajstić information content (AvgIpc) is 2.68. The van der Waals surface area contributed by atoms with Crippen molar-refractivity contribution in [2.75, 3.05) is 19.6 Å². The fourth-order valence-corrected chi connectivity index (χ4v) is 3.48. The Labute approximate surface area is 158 Å². The van der Waals surface area contributed by atoms with Gasteiger partial charge in [0.15, 0.2) is 0 Å². The fourth-order valence-electron chi connectivity index (χ4n) is 3.48. The molecule has 7 nitrogen and oxygen atoms in total. The Bertz CT molecular complexity index is 836. The van der Waals surface area contributed by atoms with Crippen LogP contribution in [0, 0.1) is 10.1 Å². The summed E-state index contributed by atoms with van der Waals surface area (Å²) in [4.78, 5) is 24.6. The number of amides is 1. The molecule has 2 aromatic carbocycles. The molecule has 1 heterocycles. The number of aryl methyl sites for hydroxylation is 1. The van der Waals surface area contributed by atoms with Gasteiger partial charge >= 0.3 is 0 Å². The SMILES string of the molecule is CCc1ccc(C2CNCCN2Cc2ccc(C(N)=O)cc2[N+](=O)[O-])cc1. The van der Waals surface area contributed by atoms with E-state index in [1.54, 1.807) is 12.1 Å². The van der Waals surface area contributed by atoms with Gasteiger partial charge in [0.1, 0.15) is 0 Å². The third-order valence-electron chi connectivity index (χ3n) is 5.07. The molecule has 1 fully saturated rings. The summed E-state index contributed by atoms with van der Waals surface area (Å²) in [6.45, 7) is 4.97. The minimum absolute atomic E-state index is 0.0649. The highest BCUT2D eigenvalue weighted by Gasteiger charge is 2.26. The van der Waals surface area contributed by atoms with Gasteiger partial charge in [0, 0.05) is 49.4 Å². The smallest absolute Gasteiger partial charge is 0.274 e. The molecule has 2 aromatic rings. The van der Waals surface area contributed by atoms with Gasteiger partial charge in [0.25, 0.3) is 5.69 Å². The largest absolute Gasteiger partial charge is 0.366 e. The molecule has 0 aliphatic carbocycles. The van der Waals surface area contributed by atoms with Crippen molar-refractivity contribution in [3.8, 4) is 0 Å². The van der Waals surface area contributed by atoms with Crippen LogP contribution in [0.4, 0.5) is 5.69 Å². The molecule has 0 bridgehead atoms. The van der Waals surface area contributed by atoms with Gasteiger partial charge in [-0.15, -0.1) is 0 Å². The van der Waals surface area contributed by atoms with Crippen LogP contribution in [0.15, 0.2) is 42.5 Å². The molecule has 7 heteroatoms. The zero-order valence-electron chi connectivity index (χ0n) is 15.4. The number of primary amides is 1. The second kappa shape index (κ2) is 8.28. The lowest BCUT2D eigenvalue weighted by Crippen LogP contribution is -2.45. The van der Waals surface area contributed by atoms with Crippen molar-refractivity contribution in [1.29, 1.82) is 0 Å². The van der Waals surface area contributed by atoms with E-state index in [1.807, 2.05) is 0 Å². The molecule has 1 saturated heterocycles. The maximum Gasteiger partial charge on any atom is 0.274 e. The van der Waals surface area contributed by atoms with E-state index >= 15 is 0 Å². The second-order valence-corrected chi connectivity index (χ2v) is 6.75. The summed E-state index contributed by atoms with van der Waals surface area (Å²) in [7, 11) is 0. The molecule has 3 N–H and O–H groups in total. The number of hydrogen-bond donors (Lipinski definition) is 2. The first-order valence-corrected chi connectivity index (χ1v) is 9.10. The van der Waals surface area contributed by atoms with Crippen LogP contribution >= 0.6 is 0 Å². The molecule has 0 radical (unpaired) electrons. The molecule has 1 unspecified atom stereocenters. The highest BCUT2D eigenvalue weighted by Crippen LogP contribution is 2.28. The van der Waals surface area contributed by atoms with Gasteiger partial charge in [-0.2, -0.15) is 0 Å². The van der Waals surface area contributed by atoms with Crippen LogP contribution in [0.1, 0.15) is 40.0 Å². The second-order valence-electron chi connectivity index (χ2n) is 6.75. The Hall–Kier alpha value is -2.77.